The second-order valence-electron chi connectivity index (χ2n) is 4.05. The summed E-state index contributed by atoms with van der Waals surface area (Å²) >= 11 is 0. The number of carbonyl (C=O) groups is 1. The molecule has 0 amide bonds. The van der Waals surface area contributed by atoms with Crippen molar-refractivity contribution >= 4 is 5.97 Å². The van der Waals surface area contributed by atoms with Crippen LogP contribution in [-0.4, -0.2) is 26.4 Å². The maximum Gasteiger partial charge on any atom is 0.323 e. The number of hydrogen-bond acceptors (Lipinski definition) is 3. The molecule has 0 fully saturated rings. The Labute approximate surface area is 88.9 Å². The fraction of sp³-hybridized carbons (Fsp3) is 0.600. The van der Waals surface area contributed by atoms with Crippen molar-refractivity contribution in [2.45, 2.75) is 38.8 Å². The van der Waals surface area contributed by atoms with E-state index in [4.69, 9.17) is 10.8 Å². The van der Waals surface area contributed by atoms with E-state index in [-0.39, 0.29) is 0 Å². The van der Waals surface area contributed by atoms with Gasteiger partial charge in [0.05, 0.1) is 5.69 Å². The van der Waals surface area contributed by atoms with E-state index in [1.807, 2.05) is 19.2 Å². The van der Waals surface area contributed by atoms with Gasteiger partial charge in [-0.25, -0.2) is 0 Å². The minimum absolute atomic E-state index is 0.446. The third kappa shape index (κ3) is 3.36. The van der Waals surface area contributed by atoms with Crippen LogP contribution in [0.15, 0.2) is 12.3 Å². The minimum Gasteiger partial charge on any atom is -0.480 e. The van der Waals surface area contributed by atoms with Crippen LogP contribution in [0, 0.1) is 6.92 Å². The molecule has 1 aromatic rings. The van der Waals surface area contributed by atoms with E-state index >= 15 is 0 Å². The summed E-state index contributed by atoms with van der Waals surface area (Å²) in [5, 5.41) is 13.0. The first-order valence-corrected chi connectivity index (χ1v) is 4.94. The summed E-state index contributed by atoms with van der Waals surface area (Å²) in [5.41, 5.74) is 5.42. The number of rotatable bonds is 5. The highest BCUT2D eigenvalue weighted by Gasteiger charge is 2.26. The number of nitrogens with two attached hydrogens (primary N) is 1. The Balaban J connectivity index is 2.36. The number of carboxylic acids is 1. The van der Waals surface area contributed by atoms with Crippen molar-refractivity contribution in [1.29, 1.82) is 0 Å². The Kier molecular flexibility index (Phi) is 3.47. The van der Waals surface area contributed by atoms with Gasteiger partial charge in [0.15, 0.2) is 0 Å². The topological polar surface area (TPSA) is 81.1 Å². The number of aryl methyl sites for hydroxylation is 2. The average Bonchev–Trinajstić information content (AvgIpc) is 2.51. The lowest BCUT2D eigenvalue weighted by atomic mass is 9.98. The molecule has 5 nitrogen and oxygen atoms in total. The molecular weight excluding hydrogens is 194 g/mol. The first-order valence-electron chi connectivity index (χ1n) is 4.94. The highest BCUT2D eigenvalue weighted by Crippen LogP contribution is 2.09. The van der Waals surface area contributed by atoms with Crippen molar-refractivity contribution in [3.8, 4) is 0 Å². The van der Waals surface area contributed by atoms with Crippen molar-refractivity contribution < 1.29 is 9.90 Å². The van der Waals surface area contributed by atoms with Crippen LogP contribution in [0.5, 0.6) is 0 Å². The summed E-state index contributed by atoms with van der Waals surface area (Å²) in [6, 6.07) is 1.92. The van der Waals surface area contributed by atoms with Crippen LogP contribution < -0.4 is 5.73 Å². The SMILES string of the molecule is Cc1ccn(CCCC(C)(N)C(=O)O)n1. The monoisotopic (exact) mass is 211 g/mol. The molecule has 0 radical (unpaired) electrons. The second kappa shape index (κ2) is 4.44. The van der Waals surface area contributed by atoms with Crippen molar-refractivity contribution in [3.63, 3.8) is 0 Å². The van der Waals surface area contributed by atoms with Crippen molar-refractivity contribution in [2.75, 3.05) is 0 Å². The number of nitrogens with zero attached hydrogens (tertiary/aromatic N) is 2. The van der Waals surface area contributed by atoms with Gasteiger partial charge in [-0.15, -0.1) is 0 Å². The molecule has 0 aliphatic carbocycles. The van der Waals surface area contributed by atoms with Crippen LogP contribution >= 0.6 is 0 Å². The second-order valence-corrected chi connectivity index (χ2v) is 4.05. The van der Waals surface area contributed by atoms with Crippen LogP contribution in [0.2, 0.25) is 0 Å². The zero-order chi connectivity index (χ0) is 11.5. The molecule has 0 aliphatic heterocycles. The first-order chi connectivity index (χ1) is 6.92. The van der Waals surface area contributed by atoms with Gasteiger partial charge in [-0.2, -0.15) is 5.10 Å². The molecule has 0 aromatic carbocycles. The van der Waals surface area contributed by atoms with Crippen molar-refractivity contribution in [1.82, 2.24) is 9.78 Å². The fourth-order valence-corrected chi connectivity index (χ4v) is 1.30. The van der Waals surface area contributed by atoms with Gasteiger partial charge in [0, 0.05) is 12.7 Å². The number of aromatic nitrogens is 2. The minimum atomic E-state index is -1.14. The van der Waals surface area contributed by atoms with Gasteiger partial charge in [-0.3, -0.25) is 9.48 Å². The van der Waals surface area contributed by atoms with E-state index in [2.05, 4.69) is 5.10 Å². The van der Waals surface area contributed by atoms with Gasteiger partial charge < -0.3 is 10.8 Å². The molecule has 0 saturated heterocycles. The Morgan fingerprint density at radius 3 is 2.87 bits per heavy atom. The predicted octanol–water partition coefficient (Wildman–Crippen LogP) is 0.774. The third-order valence-electron chi connectivity index (χ3n) is 2.35. The van der Waals surface area contributed by atoms with E-state index in [1.54, 1.807) is 4.68 Å². The molecule has 1 unspecified atom stereocenters. The molecule has 5 heteroatoms. The van der Waals surface area contributed by atoms with E-state index in [0.29, 0.717) is 19.4 Å². The number of aliphatic carboxylic acids is 1. The van der Waals surface area contributed by atoms with E-state index < -0.39 is 11.5 Å². The van der Waals surface area contributed by atoms with Gasteiger partial charge in [0.1, 0.15) is 5.54 Å². The smallest absolute Gasteiger partial charge is 0.323 e. The Morgan fingerprint density at radius 2 is 2.40 bits per heavy atom. The van der Waals surface area contributed by atoms with Gasteiger partial charge in [0.2, 0.25) is 0 Å². The summed E-state index contributed by atoms with van der Waals surface area (Å²) in [6.07, 6.45) is 3.03. The van der Waals surface area contributed by atoms with Crippen LogP contribution in [0.3, 0.4) is 0 Å². The Hall–Kier alpha value is -1.36. The van der Waals surface area contributed by atoms with Crippen LogP contribution in [0.4, 0.5) is 0 Å². The number of carboxylic acid groups (broad SMARTS) is 1. The lowest BCUT2D eigenvalue weighted by molar-refractivity contribution is -0.142. The molecule has 1 heterocycles. The lowest BCUT2D eigenvalue weighted by Gasteiger charge is -2.18. The standard InChI is InChI=1S/C10H17N3O2/c1-8-4-7-13(12-8)6-3-5-10(2,11)9(14)15/h4,7H,3,5-6,11H2,1-2H3,(H,14,15). The zero-order valence-electron chi connectivity index (χ0n) is 9.10. The summed E-state index contributed by atoms with van der Waals surface area (Å²) < 4.78 is 1.80. The summed E-state index contributed by atoms with van der Waals surface area (Å²) in [6.45, 7) is 4.15. The predicted molar refractivity (Wildman–Crippen MR) is 56.4 cm³/mol. The van der Waals surface area contributed by atoms with Crippen LogP contribution in [0.1, 0.15) is 25.5 Å². The molecule has 0 aliphatic rings. The van der Waals surface area contributed by atoms with Crippen LogP contribution in [-0.2, 0) is 11.3 Å². The maximum absolute atomic E-state index is 10.7. The first kappa shape index (κ1) is 11.7. The number of hydrogen-bond donors (Lipinski definition) is 2. The van der Waals surface area contributed by atoms with E-state index in [9.17, 15) is 4.79 Å². The van der Waals surface area contributed by atoms with Gasteiger partial charge >= 0.3 is 5.97 Å². The molecule has 0 spiro atoms. The summed E-state index contributed by atoms with van der Waals surface area (Å²) in [7, 11) is 0. The van der Waals surface area contributed by atoms with E-state index in [0.717, 1.165) is 5.69 Å². The highest BCUT2D eigenvalue weighted by atomic mass is 16.4. The molecule has 84 valence electrons. The normalized spacial score (nSPS) is 14.9. The van der Waals surface area contributed by atoms with E-state index in [1.165, 1.54) is 6.92 Å². The lowest BCUT2D eigenvalue weighted by Crippen LogP contribution is -2.44. The largest absolute Gasteiger partial charge is 0.480 e. The molecule has 1 rings (SSSR count). The fourth-order valence-electron chi connectivity index (χ4n) is 1.30. The highest BCUT2D eigenvalue weighted by molar-refractivity contribution is 5.77. The molecule has 0 saturated carbocycles. The van der Waals surface area contributed by atoms with Crippen molar-refractivity contribution in [3.05, 3.63) is 18.0 Å². The van der Waals surface area contributed by atoms with Crippen molar-refractivity contribution in [2.24, 2.45) is 5.73 Å². The Morgan fingerprint density at radius 1 is 1.73 bits per heavy atom. The molecule has 1 atom stereocenters. The average molecular weight is 211 g/mol. The Bertz CT molecular complexity index is 344. The maximum atomic E-state index is 10.7. The van der Waals surface area contributed by atoms with Gasteiger partial charge in [-0.1, -0.05) is 0 Å². The molecule has 0 bridgehead atoms. The molecule has 15 heavy (non-hydrogen) atoms. The summed E-state index contributed by atoms with van der Waals surface area (Å²) in [5.74, 6) is -0.959. The van der Waals surface area contributed by atoms with Crippen LogP contribution in [0.25, 0.3) is 0 Å². The van der Waals surface area contributed by atoms with Gasteiger partial charge in [-0.05, 0) is 32.8 Å². The quantitative estimate of drug-likeness (QED) is 0.754. The third-order valence-corrected chi connectivity index (χ3v) is 2.35. The molecule has 1 aromatic heterocycles. The molecular formula is C10H17N3O2. The zero-order valence-corrected chi connectivity index (χ0v) is 9.10. The molecule has 3 N–H and O–H groups in total. The summed E-state index contributed by atoms with van der Waals surface area (Å²) in [4.78, 5) is 10.7. The van der Waals surface area contributed by atoms with Gasteiger partial charge in [0.25, 0.3) is 0 Å².